The van der Waals surface area contributed by atoms with Crippen molar-refractivity contribution in [1.82, 2.24) is 9.62 Å². The average Bonchev–Trinajstić information content (AvgIpc) is 2.65. The van der Waals surface area contributed by atoms with Crippen molar-refractivity contribution in [2.75, 3.05) is 13.1 Å². The van der Waals surface area contributed by atoms with Gasteiger partial charge in [0.1, 0.15) is 4.90 Å². The molecule has 1 saturated heterocycles. The van der Waals surface area contributed by atoms with E-state index in [1.54, 1.807) is 29.4 Å². The highest BCUT2D eigenvalue weighted by Crippen LogP contribution is 2.65. The number of urea groups is 1. The lowest BCUT2D eigenvalue weighted by molar-refractivity contribution is -0.114. The maximum Gasteiger partial charge on any atom is 0.312 e. The summed E-state index contributed by atoms with van der Waals surface area (Å²) in [5.74, 6) is 1.80. The SMILES string of the molecule is Cc1cccc(Cl)c1S(=O)(=O)N1CCC(C23CC4CC(CC(NC(N)=O)(C4)C2)C3)CC1. The minimum absolute atomic E-state index is 0.145. The molecule has 4 aliphatic carbocycles. The second-order valence-corrected chi connectivity index (χ2v) is 12.9. The number of aryl methyl sites for hydroxylation is 1. The van der Waals surface area contributed by atoms with E-state index >= 15 is 0 Å². The van der Waals surface area contributed by atoms with Crippen LogP contribution < -0.4 is 11.1 Å². The number of amides is 2. The molecule has 0 radical (unpaired) electrons. The number of nitrogens with two attached hydrogens (primary N) is 1. The number of benzene rings is 1. The smallest absolute Gasteiger partial charge is 0.312 e. The van der Waals surface area contributed by atoms with Gasteiger partial charge in [0.25, 0.3) is 0 Å². The molecule has 3 N–H and O–H groups in total. The summed E-state index contributed by atoms with van der Waals surface area (Å²) >= 11 is 6.28. The summed E-state index contributed by atoms with van der Waals surface area (Å²) in [4.78, 5) is 12.0. The molecule has 6 nitrogen and oxygen atoms in total. The maximum absolute atomic E-state index is 13.3. The van der Waals surface area contributed by atoms with Gasteiger partial charge in [0.2, 0.25) is 10.0 Å². The first-order chi connectivity index (χ1) is 14.6. The maximum atomic E-state index is 13.3. The zero-order chi connectivity index (χ0) is 22.0. The second-order valence-electron chi connectivity index (χ2n) is 10.7. The highest BCUT2D eigenvalue weighted by molar-refractivity contribution is 7.89. The topological polar surface area (TPSA) is 92.5 Å². The van der Waals surface area contributed by atoms with E-state index in [4.69, 9.17) is 17.3 Å². The Hall–Kier alpha value is -1.31. The molecule has 170 valence electrons. The summed E-state index contributed by atoms with van der Waals surface area (Å²) in [6, 6.07) is 4.82. The summed E-state index contributed by atoms with van der Waals surface area (Å²) in [7, 11) is -3.60. The van der Waals surface area contributed by atoms with E-state index in [0.29, 0.717) is 41.4 Å². The fourth-order valence-electron chi connectivity index (χ4n) is 8.00. The van der Waals surface area contributed by atoms with Crippen LogP contribution in [0.4, 0.5) is 4.79 Å². The number of carbonyl (C=O) groups excluding carboxylic acids is 1. The van der Waals surface area contributed by atoms with Crippen molar-refractivity contribution in [3.05, 3.63) is 28.8 Å². The van der Waals surface area contributed by atoms with Crippen LogP contribution in [0, 0.1) is 30.1 Å². The molecule has 1 heterocycles. The fraction of sp³-hybridized carbons (Fsp3) is 0.696. The third kappa shape index (κ3) is 3.57. The molecule has 2 unspecified atom stereocenters. The van der Waals surface area contributed by atoms with Crippen LogP contribution in [0.3, 0.4) is 0 Å². The number of rotatable bonds is 4. The number of nitrogens with zero attached hydrogens (tertiary/aromatic N) is 1. The molecule has 5 fully saturated rings. The van der Waals surface area contributed by atoms with Crippen molar-refractivity contribution >= 4 is 27.7 Å². The van der Waals surface area contributed by atoms with Gasteiger partial charge in [-0.1, -0.05) is 23.7 Å². The van der Waals surface area contributed by atoms with Crippen molar-refractivity contribution < 1.29 is 13.2 Å². The summed E-state index contributed by atoms with van der Waals surface area (Å²) in [5.41, 5.74) is 6.30. The zero-order valence-corrected chi connectivity index (χ0v) is 19.6. The van der Waals surface area contributed by atoms with Crippen LogP contribution in [0.1, 0.15) is 56.9 Å². The van der Waals surface area contributed by atoms with Gasteiger partial charge < -0.3 is 11.1 Å². The Balaban J connectivity index is 1.35. The molecule has 4 bridgehead atoms. The van der Waals surface area contributed by atoms with Crippen molar-refractivity contribution in [2.45, 2.75) is 68.7 Å². The van der Waals surface area contributed by atoms with Gasteiger partial charge in [-0.2, -0.15) is 4.31 Å². The Morgan fingerprint density at radius 1 is 1.16 bits per heavy atom. The van der Waals surface area contributed by atoms with Gasteiger partial charge in [-0.25, -0.2) is 13.2 Å². The molecular weight excluding hydrogens is 434 g/mol. The van der Waals surface area contributed by atoms with Gasteiger partial charge in [0.15, 0.2) is 0 Å². The molecule has 4 saturated carbocycles. The third-order valence-corrected chi connectivity index (χ3v) is 11.1. The molecule has 2 amide bonds. The molecule has 5 aliphatic rings. The predicted octanol–water partition coefficient (Wildman–Crippen LogP) is 4.06. The Morgan fingerprint density at radius 2 is 1.81 bits per heavy atom. The summed E-state index contributed by atoms with van der Waals surface area (Å²) in [5, 5.41) is 3.43. The van der Waals surface area contributed by atoms with Crippen LogP contribution in [0.25, 0.3) is 0 Å². The van der Waals surface area contributed by atoms with Crippen molar-refractivity contribution in [3.8, 4) is 0 Å². The average molecular weight is 466 g/mol. The lowest BCUT2D eigenvalue weighted by atomic mass is 9.43. The first-order valence-electron chi connectivity index (χ1n) is 11.5. The number of primary amides is 1. The summed E-state index contributed by atoms with van der Waals surface area (Å²) in [6.45, 7) is 2.86. The standard InChI is InChI=1S/C23H32ClN3O3S/c1-15-3-2-4-19(24)20(15)31(29,30)27-7-5-18(6-8-27)22-10-16-9-17(11-22)13-23(12-16,14-22)26-21(25)28/h2-4,16-18H,5-14H2,1H3,(H3,25,26,28). The monoisotopic (exact) mass is 465 g/mol. The first-order valence-corrected chi connectivity index (χ1v) is 13.3. The molecule has 2 atom stereocenters. The second kappa shape index (κ2) is 7.35. The quantitative estimate of drug-likeness (QED) is 0.702. The van der Waals surface area contributed by atoms with Gasteiger partial charge in [0.05, 0.1) is 5.02 Å². The Morgan fingerprint density at radius 3 is 2.39 bits per heavy atom. The van der Waals surface area contributed by atoms with E-state index in [2.05, 4.69) is 5.32 Å². The molecule has 1 aliphatic heterocycles. The molecule has 8 heteroatoms. The van der Waals surface area contributed by atoms with Crippen molar-refractivity contribution in [2.24, 2.45) is 28.9 Å². The number of hydrogen-bond donors (Lipinski definition) is 2. The molecule has 1 aromatic rings. The van der Waals surface area contributed by atoms with E-state index in [0.717, 1.165) is 32.1 Å². The van der Waals surface area contributed by atoms with Gasteiger partial charge >= 0.3 is 6.03 Å². The molecule has 1 aromatic carbocycles. The highest BCUT2D eigenvalue weighted by Gasteiger charge is 2.60. The van der Waals surface area contributed by atoms with Crippen LogP contribution in [0.15, 0.2) is 23.1 Å². The van der Waals surface area contributed by atoms with Crippen LogP contribution in [0.5, 0.6) is 0 Å². The summed E-state index contributed by atoms with van der Waals surface area (Å²) < 4.78 is 28.3. The first kappa shape index (κ1) is 21.5. The minimum atomic E-state index is -3.60. The number of carbonyl (C=O) groups is 1. The van der Waals surface area contributed by atoms with Crippen molar-refractivity contribution in [1.29, 1.82) is 0 Å². The minimum Gasteiger partial charge on any atom is -0.352 e. The van der Waals surface area contributed by atoms with Crippen LogP contribution in [-0.2, 0) is 10.0 Å². The molecular formula is C23H32ClN3O3S. The predicted molar refractivity (Wildman–Crippen MR) is 120 cm³/mol. The lowest BCUT2D eigenvalue weighted by Crippen LogP contribution is -2.65. The van der Waals surface area contributed by atoms with E-state index < -0.39 is 16.1 Å². The lowest BCUT2D eigenvalue weighted by Gasteiger charge is -2.64. The van der Waals surface area contributed by atoms with E-state index in [-0.39, 0.29) is 15.8 Å². The van der Waals surface area contributed by atoms with Gasteiger partial charge in [-0.3, -0.25) is 0 Å². The van der Waals surface area contributed by atoms with E-state index in [1.165, 1.54) is 19.3 Å². The van der Waals surface area contributed by atoms with Crippen LogP contribution in [-0.4, -0.2) is 37.4 Å². The molecule has 0 aromatic heterocycles. The normalized spacial score (nSPS) is 35.9. The Labute approximate surface area is 189 Å². The molecule has 6 rings (SSSR count). The number of halogens is 1. The number of hydrogen-bond acceptors (Lipinski definition) is 3. The van der Waals surface area contributed by atoms with Gasteiger partial charge in [0, 0.05) is 18.6 Å². The Bertz CT molecular complexity index is 969. The van der Waals surface area contributed by atoms with Gasteiger partial charge in [-0.05, 0) is 93.1 Å². The van der Waals surface area contributed by atoms with Crippen LogP contribution >= 0.6 is 11.6 Å². The molecule has 0 spiro atoms. The van der Waals surface area contributed by atoms with Gasteiger partial charge in [-0.15, -0.1) is 0 Å². The zero-order valence-electron chi connectivity index (χ0n) is 18.1. The van der Waals surface area contributed by atoms with Crippen LogP contribution in [0.2, 0.25) is 5.02 Å². The number of nitrogens with one attached hydrogen (secondary N) is 1. The number of sulfonamides is 1. The third-order valence-electron chi connectivity index (χ3n) is 8.58. The molecule has 31 heavy (non-hydrogen) atoms. The largest absolute Gasteiger partial charge is 0.352 e. The number of piperidine rings is 1. The van der Waals surface area contributed by atoms with E-state index in [1.807, 2.05) is 0 Å². The summed E-state index contributed by atoms with van der Waals surface area (Å²) in [6.07, 6.45) is 8.53. The Kier molecular flexibility index (Phi) is 5.11. The highest BCUT2D eigenvalue weighted by atomic mass is 35.5. The van der Waals surface area contributed by atoms with E-state index in [9.17, 15) is 13.2 Å². The fourth-order valence-corrected chi connectivity index (χ4v) is 10.3. The van der Waals surface area contributed by atoms with Crippen molar-refractivity contribution in [3.63, 3.8) is 0 Å².